The van der Waals surface area contributed by atoms with Gasteiger partial charge in [0.1, 0.15) is 5.00 Å². The van der Waals surface area contributed by atoms with Gasteiger partial charge in [0, 0.05) is 15.5 Å². The van der Waals surface area contributed by atoms with Crippen LogP contribution in [0.25, 0.3) is 0 Å². The molecular weight excluding hydrogens is 334 g/mol. The Labute approximate surface area is 143 Å². The summed E-state index contributed by atoms with van der Waals surface area (Å²) in [5.41, 5.74) is 2.05. The maximum atomic E-state index is 12.4. The lowest BCUT2D eigenvalue weighted by atomic mass is 10.1. The highest BCUT2D eigenvalue weighted by Crippen LogP contribution is 2.39. The number of esters is 1. The van der Waals surface area contributed by atoms with Crippen LogP contribution < -0.4 is 5.32 Å². The largest absolute Gasteiger partial charge is 0.462 e. The summed E-state index contributed by atoms with van der Waals surface area (Å²) in [7, 11) is 0. The van der Waals surface area contributed by atoms with Crippen LogP contribution in [0.3, 0.4) is 0 Å². The van der Waals surface area contributed by atoms with E-state index < -0.39 is 0 Å². The van der Waals surface area contributed by atoms with E-state index >= 15 is 0 Å². The summed E-state index contributed by atoms with van der Waals surface area (Å²) in [4.78, 5) is 25.8. The Hall–Kier alpha value is -1.85. The van der Waals surface area contributed by atoms with Crippen molar-refractivity contribution in [3.63, 3.8) is 0 Å². The Morgan fingerprint density at radius 2 is 2.00 bits per heavy atom. The first-order valence-electron chi connectivity index (χ1n) is 7.48. The summed E-state index contributed by atoms with van der Waals surface area (Å²) in [5.74, 6) is -0.620. The van der Waals surface area contributed by atoms with Gasteiger partial charge in [-0.1, -0.05) is 11.6 Å². The van der Waals surface area contributed by atoms with E-state index in [1.165, 1.54) is 16.2 Å². The fourth-order valence-electron chi connectivity index (χ4n) is 2.69. The number of fused-ring (bicyclic) bond motifs is 1. The second-order valence-electron chi connectivity index (χ2n) is 5.24. The highest BCUT2D eigenvalue weighted by Gasteiger charge is 2.28. The van der Waals surface area contributed by atoms with Crippen LogP contribution in [0, 0.1) is 0 Å². The van der Waals surface area contributed by atoms with Gasteiger partial charge >= 0.3 is 5.97 Å². The van der Waals surface area contributed by atoms with E-state index in [-0.39, 0.29) is 11.9 Å². The molecule has 0 fully saturated rings. The number of nitrogens with one attached hydrogen (secondary N) is 1. The van der Waals surface area contributed by atoms with Gasteiger partial charge in [0.15, 0.2) is 0 Å². The number of halogens is 1. The van der Waals surface area contributed by atoms with Crippen molar-refractivity contribution in [2.24, 2.45) is 0 Å². The number of hydrogen-bond acceptors (Lipinski definition) is 4. The van der Waals surface area contributed by atoms with Crippen molar-refractivity contribution in [3.05, 3.63) is 50.9 Å². The first kappa shape index (κ1) is 16.0. The lowest BCUT2D eigenvalue weighted by molar-refractivity contribution is 0.0527. The molecule has 23 heavy (non-hydrogen) atoms. The monoisotopic (exact) mass is 349 g/mol. The van der Waals surface area contributed by atoms with Crippen LogP contribution in [-0.4, -0.2) is 18.5 Å². The third-order valence-corrected chi connectivity index (χ3v) is 5.19. The normalized spacial score (nSPS) is 12.8. The minimum Gasteiger partial charge on any atom is -0.462 e. The average molecular weight is 350 g/mol. The van der Waals surface area contributed by atoms with Crippen LogP contribution in [0.1, 0.15) is 44.5 Å². The molecule has 3 rings (SSSR count). The van der Waals surface area contributed by atoms with Crippen molar-refractivity contribution in [1.82, 2.24) is 0 Å². The van der Waals surface area contributed by atoms with Gasteiger partial charge in [-0.3, -0.25) is 4.79 Å². The molecule has 120 valence electrons. The summed E-state index contributed by atoms with van der Waals surface area (Å²) >= 11 is 7.31. The number of anilines is 1. The fraction of sp³-hybridized carbons (Fsp3) is 0.294. The number of ether oxygens (including phenoxy) is 1. The molecule has 1 heterocycles. The second-order valence-corrected chi connectivity index (χ2v) is 6.78. The summed E-state index contributed by atoms with van der Waals surface area (Å²) in [6.07, 6.45) is 2.85. The fourth-order valence-corrected chi connectivity index (χ4v) is 4.09. The van der Waals surface area contributed by atoms with Crippen molar-refractivity contribution < 1.29 is 14.3 Å². The van der Waals surface area contributed by atoms with E-state index in [1.54, 1.807) is 31.2 Å². The van der Waals surface area contributed by atoms with Crippen LogP contribution >= 0.6 is 22.9 Å². The second kappa shape index (κ2) is 6.72. The van der Waals surface area contributed by atoms with Crippen LogP contribution in [0.5, 0.6) is 0 Å². The van der Waals surface area contributed by atoms with E-state index in [0.29, 0.717) is 27.8 Å². The standard InChI is InChI=1S/C17H16ClNO3S/c1-2-22-17(21)14-12-4-3-5-13(12)23-16(14)19-15(20)10-6-8-11(18)9-7-10/h6-9H,2-5H2,1H3,(H,19,20). The highest BCUT2D eigenvalue weighted by atomic mass is 35.5. The number of thiophene rings is 1. The summed E-state index contributed by atoms with van der Waals surface area (Å²) in [6.45, 7) is 2.09. The number of rotatable bonds is 4. The molecule has 0 saturated carbocycles. The number of hydrogen-bond donors (Lipinski definition) is 1. The maximum absolute atomic E-state index is 12.4. The predicted molar refractivity (Wildman–Crippen MR) is 91.7 cm³/mol. The Balaban J connectivity index is 1.89. The van der Waals surface area contributed by atoms with Gasteiger partial charge in [-0.25, -0.2) is 4.79 Å². The topological polar surface area (TPSA) is 55.4 Å². The van der Waals surface area contributed by atoms with Gasteiger partial charge in [-0.2, -0.15) is 0 Å². The molecule has 6 heteroatoms. The molecule has 1 aromatic carbocycles. The van der Waals surface area contributed by atoms with Gasteiger partial charge in [0.05, 0.1) is 12.2 Å². The zero-order valence-electron chi connectivity index (χ0n) is 12.6. The molecule has 0 atom stereocenters. The lowest BCUT2D eigenvalue weighted by Crippen LogP contribution is -2.15. The van der Waals surface area contributed by atoms with Gasteiger partial charge in [0.25, 0.3) is 5.91 Å². The molecule has 1 aliphatic rings. The van der Waals surface area contributed by atoms with E-state index in [4.69, 9.17) is 16.3 Å². The molecule has 1 amide bonds. The minimum atomic E-state index is -0.363. The third kappa shape index (κ3) is 3.26. The van der Waals surface area contributed by atoms with Crippen molar-refractivity contribution in [3.8, 4) is 0 Å². The summed E-state index contributed by atoms with van der Waals surface area (Å²) < 4.78 is 5.15. The highest BCUT2D eigenvalue weighted by molar-refractivity contribution is 7.17. The molecule has 0 unspecified atom stereocenters. The van der Waals surface area contributed by atoms with E-state index in [2.05, 4.69) is 5.32 Å². The molecule has 0 spiro atoms. The smallest absolute Gasteiger partial charge is 0.341 e. The maximum Gasteiger partial charge on any atom is 0.341 e. The Morgan fingerprint density at radius 3 is 2.70 bits per heavy atom. The van der Waals surface area contributed by atoms with E-state index in [1.807, 2.05) is 0 Å². The Morgan fingerprint density at radius 1 is 1.26 bits per heavy atom. The lowest BCUT2D eigenvalue weighted by Gasteiger charge is -2.08. The number of amides is 1. The van der Waals surface area contributed by atoms with Gasteiger partial charge in [0.2, 0.25) is 0 Å². The minimum absolute atomic E-state index is 0.257. The van der Waals surface area contributed by atoms with Crippen LogP contribution in [-0.2, 0) is 17.6 Å². The number of carbonyl (C=O) groups excluding carboxylic acids is 2. The quantitative estimate of drug-likeness (QED) is 0.836. The van der Waals surface area contributed by atoms with Crippen LogP contribution in [0.15, 0.2) is 24.3 Å². The summed E-state index contributed by atoms with van der Waals surface area (Å²) in [5, 5.41) is 4.00. The molecule has 0 bridgehead atoms. The number of carbonyl (C=O) groups is 2. The van der Waals surface area contributed by atoms with E-state index in [0.717, 1.165) is 24.8 Å². The molecule has 0 radical (unpaired) electrons. The zero-order chi connectivity index (χ0) is 16.4. The molecular formula is C17H16ClNO3S. The Kier molecular flexibility index (Phi) is 4.68. The summed E-state index contributed by atoms with van der Waals surface area (Å²) in [6, 6.07) is 6.64. The molecule has 1 aliphatic carbocycles. The van der Waals surface area contributed by atoms with Gasteiger partial charge in [-0.05, 0) is 56.0 Å². The number of aryl methyl sites for hydroxylation is 1. The van der Waals surface area contributed by atoms with Crippen molar-refractivity contribution >= 4 is 39.8 Å². The molecule has 4 nitrogen and oxygen atoms in total. The van der Waals surface area contributed by atoms with Crippen molar-refractivity contribution in [2.45, 2.75) is 26.2 Å². The van der Waals surface area contributed by atoms with Crippen molar-refractivity contribution in [2.75, 3.05) is 11.9 Å². The molecule has 2 aromatic rings. The van der Waals surface area contributed by atoms with Gasteiger partial charge in [-0.15, -0.1) is 11.3 Å². The van der Waals surface area contributed by atoms with Crippen molar-refractivity contribution in [1.29, 1.82) is 0 Å². The number of benzene rings is 1. The molecule has 0 aliphatic heterocycles. The Bertz CT molecular complexity index is 752. The first-order chi connectivity index (χ1) is 11.1. The first-order valence-corrected chi connectivity index (χ1v) is 8.68. The van der Waals surface area contributed by atoms with Crippen LogP contribution in [0.4, 0.5) is 5.00 Å². The molecule has 1 N–H and O–H groups in total. The van der Waals surface area contributed by atoms with E-state index in [9.17, 15) is 9.59 Å². The zero-order valence-corrected chi connectivity index (χ0v) is 14.2. The predicted octanol–water partition coefficient (Wildman–Crippen LogP) is 4.32. The van der Waals surface area contributed by atoms with Gasteiger partial charge < -0.3 is 10.1 Å². The molecule has 1 aromatic heterocycles. The SMILES string of the molecule is CCOC(=O)c1c(NC(=O)c2ccc(Cl)cc2)sc2c1CCC2. The third-order valence-electron chi connectivity index (χ3n) is 3.73. The average Bonchev–Trinajstić information content (AvgIpc) is 3.08. The van der Waals surface area contributed by atoms with Crippen LogP contribution in [0.2, 0.25) is 5.02 Å². The molecule has 0 saturated heterocycles.